The first-order chi connectivity index (χ1) is 13.7. The highest BCUT2D eigenvalue weighted by molar-refractivity contribution is 6.30. The minimum absolute atomic E-state index is 0.0556. The molecule has 154 valence electrons. The molecule has 3 atom stereocenters. The molecule has 0 aliphatic heterocycles. The highest BCUT2D eigenvalue weighted by Crippen LogP contribution is 2.60. The Bertz CT molecular complexity index is 879. The third-order valence-corrected chi connectivity index (χ3v) is 7.37. The second-order valence-corrected chi connectivity index (χ2v) is 9.68. The molecule has 0 radical (unpaired) electrons. The summed E-state index contributed by atoms with van der Waals surface area (Å²) in [6.07, 6.45) is 4.71. The lowest BCUT2D eigenvalue weighted by atomic mass is 9.48. The van der Waals surface area contributed by atoms with Crippen LogP contribution in [0.2, 0.25) is 5.02 Å². The molecular formula is C22H27ClN4O2. The van der Waals surface area contributed by atoms with Gasteiger partial charge in [0.2, 0.25) is 5.91 Å². The number of benzene rings is 1. The van der Waals surface area contributed by atoms with Crippen molar-refractivity contribution in [3.8, 4) is 11.8 Å². The number of primary amides is 1. The van der Waals surface area contributed by atoms with Crippen molar-refractivity contribution >= 4 is 23.3 Å². The van der Waals surface area contributed by atoms with Gasteiger partial charge in [-0.15, -0.1) is 0 Å². The summed E-state index contributed by atoms with van der Waals surface area (Å²) in [6.45, 7) is 1.79. The zero-order valence-electron chi connectivity index (χ0n) is 16.6. The van der Waals surface area contributed by atoms with E-state index >= 15 is 0 Å². The van der Waals surface area contributed by atoms with E-state index < -0.39 is 5.60 Å². The number of amidine groups is 1. The summed E-state index contributed by atoms with van der Waals surface area (Å²) in [5.41, 5.74) is 10.8. The molecule has 1 aromatic carbocycles. The van der Waals surface area contributed by atoms with Crippen molar-refractivity contribution in [3.63, 3.8) is 0 Å². The maximum Gasteiger partial charge on any atom is 0.223 e. The predicted molar refractivity (Wildman–Crippen MR) is 111 cm³/mol. The van der Waals surface area contributed by atoms with Gasteiger partial charge in [-0.3, -0.25) is 9.79 Å². The molecule has 29 heavy (non-hydrogen) atoms. The monoisotopic (exact) mass is 414 g/mol. The fourth-order valence-corrected chi connectivity index (χ4v) is 6.11. The topological polar surface area (TPSA) is 114 Å². The van der Waals surface area contributed by atoms with Gasteiger partial charge in [0.15, 0.2) is 5.60 Å². The quantitative estimate of drug-likeness (QED) is 0.548. The minimum Gasteiger partial charge on any atom is -0.479 e. The summed E-state index contributed by atoms with van der Waals surface area (Å²) >= 11 is 6.06. The fraction of sp³-hybridized carbons (Fsp3) is 0.591. The van der Waals surface area contributed by atoms with E-state index in [1.165, 1.54) is 0 Å². The molecule has 4 fully saturated rings. The van der Waals surface area contributed by atoms with Crippen molar-refractivity contribution in [2.75, 3.05) is 0 Å². The van der Waals surface area contributed by atoms with E-state index in [2.05, 4.69) is 6.07 Å². The van der Waals surface area contributed by atoms with Crippen molar-refractivity contribution in [2.24, 2.45) is 39.6 Å². The number of hydrogen-bond acceptors (Lipinski definition) is 4. The number of carbonyl (C=O) groups excluding carboxylic acids is 1. The molecule has 0 saturated heterocycles. The van der Waals surface area contributed by atoms with Crippen LogP contribution in [0.3, 0.4) is 0 Å². The number of rotatable bonds is 6. The highest BCUT2D eigenvalue weighted by atomic mass is 35.5. The van der Waals surface area contributed by atoms with E-state index in [-0.39, 0.29) is 23.8 Å². The number of aliphatic imine (C=N–C) groups is 1. The summed E-state index contributed by atoms with van der Waals surface area (Å²) in [4.78, 5) is 17.1. The summed E-state index contributed by atoms with van der Waals surface area (Å²) in [6, 6.07) is 9.26. The Kier molecular flexibility index (Phi) is 4.98. The summed E-state index contributed by atoms with van der Waals surface area (Å²) in [5.74, 6) is 1.89. The number of hydrogen-bond donors (Lipinski definition) is 2. The SMILES string of the molecule is CC(CC#N)(Oc1cccc(Cl)c1)C(N)=NC1C2CC3CC1CC(C(N)=O)(C3)C2. The molecule has 6 nitrogen and oxygen atoms in total. The Morgan fingerprint density at radius 3 is 2.62 bits per heavy atom. The van der Waals surface area contributed by atoms with E-state index in [4.69, 9.17) is 32.8 Å². The standard InChI is InChI=1S/C22H27ClN4O2/c1-21(5-6-24,29-17-4-2-3-16(23)9-17)19(25)27-18-14-7-13-8-15(18)12-22(10-13,11-14)20(26)28/h2-4,9,13-15,18H,5,7-8,10-12H2,1H3,(H2,25,27)(H2,26,28). The second-order valence-electron chi connectivity index (χ2n) is 9.24. The number of nitrogens with zero attached hydrogens (tertiary/aromatic N) is 2. The molecule has 7 heteroatoms. The van der Waals surface area contributed by atoms with Gasteiger partial charge >= 0.3 is 0 Å². The van der Waals surface area contributed by atoms with Crippen LogP contribution < -0.4 is 16.2 Å². The number of nitrogens with two attached hydrogens (primary N) is 2. The molecule has 4 aliphatic carbocycles. The summed E-state index contributed by atoms with van der Waals surface area (Å²) in [7, 11) is 0. The highest BCUT2D eigenvalue weighted by Gasteiger charge is 2.58. The Morgan fingerprint density at radius 2 is 2.03 bits per heavy atom. The van der Waals surface area contributed by atoms with Crippen molar-refractivity contribution in [3.05, 3.63) is 29.3 Å². The first-order valence-corrected chi connectivity index (χ1v) is 10.6. The molecular weight excluding hydrogens is 388 g/mol. The van der Waals surface area contributed by atoms with Gasteiger partial charge < -0.3 is 16.2 Å². The van der Waals surface area contributed by atoms with Crippen molar-refractivity contribution in [1.82, 2.24) is 0 Å². The van der Waals surface area contributed by atoms with Crippen LogP contribution >= 0.6 is 11.6 Å². The van der Waals surface area contributed by atoms with Gasteiger partial charge in [0.05, 0.1) is 18.5 Å². The van der Waals surface area contributed by atoms with E-state index in [0.717, 1.165) is 32.1 Å². The van der Waals surface area contributed by atoms with E-state index in [9.17, 15) is 10.1 Å². The van der Waals surface area contributed by atoms with Gasteiger partial charge in [0, 0.05) is 10.4 Å². The lowest BCUT2D eigenvalue weighted by molar-refractivity contribution is -0.144. The van der Waals surface area contributed by atoms with Crippen LogP contribution in [-0.4, -0.2) is 23.4 Å². The average molecular weight is 415 g/mol. The lowest BCUT2D eigenvalue weighted by Crippen LogP contribution is -2.58. The van der Waals surface area contributed by atoms with Crippen molar-refractivity contribution in [2.45, 2.75) is 57.1 Å². The zero-order valence-corrected chi connectivity index (χ0v) is 17.4. The molecule has 4 bridgehead atoms. The largest absolute Gasteiger partial charge is 0.479 e. The van der Waals surface area contributed by atoms with Crippen molar-refractivity contribution in [1.29, 1.82) is 5.26 Å². The molecule has 0 spiro atoms. The van der Waals surface area contributed by atoms with E-state index in [1.54, 1.807) is 31.2 Å². The van der Waals surface area contributed by atoms with Crippen LogP contribution in [0.1, 0.15) is 45.4 Å². The van der Waals surface area contributed by atoms with Gasteiger partial charge in [-0.1, -0.05) is 17.7 Å². The smallest absolute Gasteiger partial charge is 0.223 e. The molecule has 0 heterocycles. The minimum atomic E-state index is -1.05. The molecule has 5 rings (SSSR count). The molecule has 0 aromatic heterocycles. The Balaban J connectivity index is 1.59. The van der Waals surface area contributed by atoms with Gasteiger partial charge in [-0.25, -0.2) is 0 Å². The number of nitriles is 1. The Labute approximate surface area is 176 Å². The molecule has 1 amide bonds. The number of halogens is 1. The van der Waals surface area contributed by atoms with Crippen LogP contribution in [0.25, 0.3) is 0 Å². The van der Waals surface area contributed by atoms with Crippen molar-refractivity contribution < 1.29 is 9.53 Å². The van der Waals surface area contributed by atoms with E-state index in [1.807, 2.05) is 0 Å². The van der Waals surface area contributed by atoms with Crippen LogP contribution in [-0.2, 0) is 4.79 Å². The van der Waals surface area contributed by atoms with Crippen LogP contribution in [0, 0.1) is 34.5 Å². The summed E-state index contributed by atoms with van der Waals surface area (Å²) < 4.78 is 6.10. The van der Waals surface area contributed by atoms with Crippen LogP contribution in [0.5, 0.6) is 5.75 Å². The van der Waals surface area contributed by atoms with Gasteiger partial charge in [0.1, 0.15) is 11.6 Å². The third-order valence-electron chi connectivity index (χ3n) is 7.13. The first-order valence-electron chi connectivity index (χ1n) is 10.2. The average Bonchev–Trinajstić information content (AvgIpc) is 2.64. The number of ether oxygens (including phenoxy) is 1. The zero-order chi connectivity index (χ0) is 20.8. The Hall–Kier alpha value is -2.26. The van der Waals surface area contributed by atoms with Gasteiger partial charge in [-0.2, -0.15) is 5.26 Å². The molecule has 4 N–H and O–H groups in total. The normalized spacial score (nSPS) is 35.0. The predicted octanol–water partition coefficient (Wildman–Crippen LogP) is 3.43. The molecule has 3 unspecified atom stereocenters. The van der Waals surface area contributed by atoms with Crippen LogP contribution in [0.15, 0.2) is 29.3 Å². The molecule has 4 aliphatic rings. The number of carbonyl (C=O) groups is 1. The third kappa shape index (κ3) is 3.57. The molecule has 4 saturated carbocycles. The maximum absolute atomic E-state index is 12.2. The van der Waals surface area contributed by atoms with Gasteiger partial charge in [-0.05, 0) is 75.0 Å². The van der Waals surface area contributed by atoms with Crippen LogP contribution in [0.4, 0.5) is 0 Å². The maximum atomic E-state index is 12.2. The first kappa shape index (κ1) is 20.0. The Morgan fingerprint density at radius 1 is 1.34 bits per heavy atom. The van der Waals surface area contributed by atoms with Gasteiger partial charge in [0.25, 0.3) is 0 Å². The molecule has 1 aromatic rings. The summed E-state index contributed by atoms with van der Waals surface area (Å²) in [5, 5.41) is 9.92. The van der Waals surface area contributed by atoms with E-state index in [0.29, 0.717) is 34.4 Å². The number of amides is 1. The fourth-order valence-electron chi connectivity index (χ4n) is 5.93. The second kappa shape index (κ2) is 7.21. The lowest BCUT2D eigenvalue weighted by Gasteiger charge is -2.57.